The fourth-order valence-electron chi connectivity index (χ4n) is 3.89. The summed E-state index contributed by atoms with van der Waals surface area (Å²) in [5.41, 5.74) is 1.35. The average molecular weight is 349 g/mol. The molecule has 4 heteroatoms. The molecule has 1 amide bonds. The van der Waals surface area contributed by atoms with Gasteiger partial charge in [0.15, 0.2) is 0 Å². The third-order valence-electron chi connectivity index (χ3n) is 5.60. The van der Waals surface area contributed by atoms with Gasteiger partial charge in [0.1, 0.15) is 0 Å². The van der Waals surface area contributed by atoms with Gasteiger partial charge >= 0.3 is 0 Å². The summed E-state index contributed by atoms with van der Waals surface area (Å²) in [5.74, 6) is 1.32. The molecule has 2 fully saturated rings. The van der Waals surface area contributed by atoms with E-state index in [0.29, 0.717) is 17.7 Å². The van der Waals surface area contributed by atoms with E-state index >= 15 is 0 Å². The van der Waals surface area contributed by atoms with Crippen molar-refractivity contribution in [1.29, 1.82) is 0 Å². The monoisotopic (exact) mass is 348 g/mol. The summed E-state index contributed by atoms with van der Waals surface area (Å²) in [6.07, 6.45) is 6.99. The van der Waals surface area contributed by atoms with E-state index in [1.165, 1.54) is 31.4 Å². The fraction of sp³-hybridized carbons (Fsp3) is 0.650. The first-order chi connectivity index (χ1) is 11.6. The molecule has 0 radical (unpaired) electrons. The first kappa shape index (κ1) is 17.8. The van der Waals surface area contributed by atoms with E-state index in [-0.39, 0.29) is 0 Å². The van der Waals surface area contributed by atoms with Crippen molar-refractivity contribution in [2.45, 2.75) is 38.5 Å². The number of halogens is 1. The minimum atomic E-state index is 0.319. The summed E-state index contributed by atoms with van der Waals surface area (Å²) in [7, 11) is 1.99. The van der Waals surface area contributed by atoms with Crippen LogP contribution in [-0.2, 0) is 11.2 Å². The number of benzene rings is 1. The summed E-state index contributed by atoms with van der Waals surface area (Å²) >= 11 is 5.95. The van der Waals surface area contributed by atoms with Crippen molar-refractivity contribution in [3.63, 3.8) is 0 Å². The van der Waals surface area contributed by atoms with Crippen LogP contribution in [0.5, 0.6) is 0 Å². The molecule has 1 aromatic rings. The molecule has 3 nitrogen and oxygen atoms in total. The molecule has 3 rings (SSSR count). The van der Waals surface area contributed by atoms with Crippen molar-refractivity contribution in [3.8, 4) is 0 Å². The van der Waals surface area contributed by atoms with Crippen molar-refractivity contribution in [3.05, 3.63) is 34.9 Å². The Morgan fingerprint density at radius 3 is 2.62 bits per heavy atom. The van der Waals surface area contributed by atoms with E-state index in [1.54, 1.807) is 0 Å². The quantitative estimate of drug-likeness (QED) is 0.779. The van der Waals surface area contributed by atoms with Crippen LogP contribution < -0.4 is 0 Å². The van der Waals surface area contributed by atoms with Crippen LogP contribution in [0.25, 0.3) is 0 Å². The molecule has 2 aliphatic rings. The van der Waals surface area contributed by atoms with Gasteiger partial charge < -0.3 is 9.80 Å². The number of hydrogen-bond acceptors (Lipinski definition) is 2. The van der Waals surface area contributed by atoms with Crippen molar-refractivity contribution in [1.82, 2.24) is 9.80 Å². The molecule has 24 heavy (non-hydrogen) atoms. The normalized spacial score (nSPS) is 22.2. The Kier molecular flexibility index (Phi) is 6.18. The minimum Gasteiger partial charge on any atom is -0.345 e. The molecule has 1 atom stereocenters. The van der Waals surface area contributed by atoms with E-state index < -0.39 is 0 Å². The van der Waals surface area contributed by atoms with Crippen LogP contribution in [0.2, 0.25) is 5.02 Å². The van der Waals surface area contributed by atoms with Gasteiger partial charge in [0.25, 0.3) is 0 Å². The summed E-state index contributed by atoms with van der Waals surface area (Å²) in [6, 6.07) is 8.18. The Labute approximate surface area is 151 Å². The van der Waals surface area contributed by atoms with Gasteiger partial charge in [0.05, 0.1) is 0 Å². The molecule has 1 saturated carbocycles. The standard InChI is InChI=1S/C20H29ClN2O/c1-22(20(24)18-5-2-6-18)14-17-4-3-12-23(15-17)13-11-16-7-9-19(21)10-8-16/h7-10,17-18H,2-6,11-15H2,1H3/t17-/m0/s1. The van der Waals surface area contributed by atoms with Crippen LogP contribution >= 0.6 is 11.6 Å². The van der Waals surface area contributed by atoms with Gasteiger partial charge in [-0.15, -0.1) is 0 Å². The van der Waals surface area contributed by atoms with E-state index in [2.05, 4.69) is 17.0 Å². The number of nitrogens with zero attached hydrogens (tertiary/aromatic N) is 2. The lowest BCUT2D eigenvalue weighted by Crippen LogP contribution is -2.44. The molecule has 0 unspecified atom stereocenters. The zero-order valence-electron chi connectivity index (χ0n) is 14.7. The van der Waals surface area contributed by atoms with Crippen LogP contribution in [0.4, 0.5) is 0 Å². The Balaban J connectivity index is 1.43. The lowest BCUT2D eigenvalue weighted by molar-refractivity contribution is -0.137. The minimum absolute atomic E-state index is 0.319. The number of piperidine rings is 1. The maximum Gasteiger partial charge on any atom is 0.225 e. The van der Waals surface area contributed by atoms with Gasteiger partial charge in [-0.25, -0.2) is 0 Å². The van der Waals surface area contributed by atoms with E-state index in [0.717, 1.165) is 43.9 Å². The van der Waals surface area contributed by atoms with Gasteiger partial charge in [0.2, 0.25) is 5.91 Å². The predicted octanol–water partition coefficient (Wildman–Crippen LogP) is 3.85. The third-order valence-corrected chi connectivity index (χ3v) is 5.85. The summed E-state index contributed by atoms with van der Waals surface area (Å²) in [4.78, 5) is 16.9. The van der Waals surface area contributed by atoms with Crippen molar-refractivity contribution < 1.29 is 4.79 Å². The molecular formula is C20H29ClN2O. The Morgan fingerprint density at radius 1 is 1.21 bits per heavy atom. The molecule has 1 aromatic carbocycles. The van der Waals surface area contributed by atoms with Crippen LogP contribution in [-0.4, -0.2) is 48.9 Å². The van der Waals surface area contributed by atoms with Gasteiger partial charge in [-0.2, -0.15) is 0 Å². The molecule has 1 aliphatic carbocycles. The highest BCUT2D eigenvalue weighted by atomic mass is 35.5. The Bertz CT molecular complexity index is 541. The van der Waals surface area contributed by atoms with Crippen LogP contribution in [0.15, 0.2) is 24.3 Å². The third kappa shape index (κ3) is 4.73. The molecule has 1 aliphatic heterocycles. The highest BCUT2D eigenvalue weighted by Gasteiger charge is 2.29. The first-order valence-electron chi connectivity index (χ1n) is 9.33. The van der Waals surface area contributed by atoms with Crippen LogP contribution in [0.3, 0.4) is 0 Å². The summed E-state index contributed by atoms with van der Waals surface area (Å²) in [5, 5.41) is 0.802. The average Bonchev–Trinajstić information content (AvgIpc) is 2.53. The smallest absolute Gasteiger partial charge is 0.225 e. The Morgan fingerprint density at radius 2 is 1.96 bits per heavy atom. The highest BCUT2D eigenvalue weighted by molar-refractivity contribution is 6.30. The lowest BCUT2D eigenvalue weighted by Gasteiger charge is -2.36. The predicted molar refractivity (Wildman–Crippen MR) is 99.3 cm³/mol. The van der Waals surface area contributed by atoms with Crippen molar-refractivity contribution in [2.75, 3.05) is 33.2 Å². The number of amides is 1. The lowest BCUT2D eigenvalue weighted by atomic mass is 9.84. The fourth-order valence-corrected chi connectivity index (χ4v) is 4.01. The second-order valence-corrected chi connectivity index (χ2v) is 7.97. The molecular weight excluding hydrogens is 320 g/mol. The molecule has 132 valence electrons. The molecule has 0 bridgehead atoms. The zero-order valence-corrected chi connectivity index (χ0v) is 15.5. The van der Waals surface area contributed by atoms with Gasteiger partial charge in [-0.1, -0.05) is 30.2 Å². The molecule has 1 saturated heterocycles. The first-order valence-corrected chi connectivity index (χ1v) is 9.71. The number of carbonyl (C=O) groups excluding carboxylic acids is 1. The van der Waals surface area contributed by atoms with E-state index in [4.69, 9.17) is 11.6 Å². The number of hydrogen-bond donors (Lipinski definition) is 0. The van der Waals surface area contributed by atoms with Crippen LogP contribution in [0, 0.1) is 11.8 Å². The number of rotatable bonds is 6. The molecule has 1 heterocycles. The van der Waals surface area contributed by atoms with E-state index in [9.17, 15) is 4.79 Å². The largest absolute Gasteiger partial charge is 0.345 e. The maximum atomic E-state index is 12.3. The van der Waals surface area contributed by atoms with Gasteiger partial charge in [0, 0.05) is 37.6 Å². The zero-order chi connectivity index (χ0) is 16.9. The SMILES string of the molecule is CN(C[C@@H]1CCCN(CCc2ccc(Cl)cc2)C1)C(=O)C1CCC1. The van der Waals surface area contributed by atoms with Gasteiger partial charge in [-0.05, 0) is 62.3 Å². The highest BCUT2D eigenvalue weighted by Crippen LogP contribution is 2.28. The Hall–Kier alpha value is -1.06. The van der Waals surface area contributed by atoms with Crippen LogP contribution in [0.1, 0.15) is 37.7 Å². The van der Waals surface area contributed by atoms with Gasteiger partial charge in [-0.3, -0.25) is 4.79 Å². The maximum absolute atomic E-state index is 12.3. The molecule has 0 aromatic heterocycles. The van der Waals surface area contributed by atoms with E-state index in [1.807, 2.05) is 24.1 Å². The second-order valence-electron chi connectivity index (χ2n) is 7.53. The van der Waals surface area contributed by atoms with Crippen molar-refractivity contribution >= 4 is 17.5 Å². The summed E-state index contributed by atoms with van der Waals surface area (Å²) in [6.45, 7) is 4.32. The molecule has 0 N–H and O–H groups in total. The topological polar surface area (TPSA) is 23.6 Å². The second kappa shape index (κ2) is 8.35. The molecule has 0 spiro atoms. The number of likely N-dealkylation sites (tertiary alicyclic amines) is 1. The van der Waals surface area contributed by atoms with Crippen molar-refractivity contribution in [2.24, 2.45) is 11.8 Å². The summed E-state index contributed by atoms with van der Waals surface area (Å²) < 4.78 is 0. The number of carbonyl (C=O) groups is 1.